The maximum atomic E-state index is 6.39. The number of aromatic nitrogens is 2. The molecule has 2 aromatic rings. The molecule has 0 N–H and O–H groups in total. The molecule has 88 valence electrons. The zero-order valence-electron chi connectivity index (χ0n) is 9.20. The molecule has 0 saturated heterocycles. The third-order valence-electron chi connectivity index (χ3n) is 2.88. The van der Waals surface area contributed by atoms with E-state index in [4.69, 9.17) is 11.6 Å². The van der Waals surface area contributed by atoms with Crippen LogP contribution in [0.3, 0.4) is 0 Å². The fraction of sp³-hybridized carbons (Fsp3) is 0.250. The average molecular weight is 330 g/mol. The minimum Gasteiger partial charge on any atom is -0.221 e. The number of hydrogen-bond acceptors (Lipinski definition) is 2. The van der Waals surface area contributed by atoms with Gasteiger partial charge < -0.3 is 0 Å². The van der Waals surface area contributed by atoms with Crippen LogP contribution in [0, 0.1) is 6.92 Å². The molecule has 0 radical (unpaired) electrons. The van der Waals surface area contributed by atoms with Gasteiger partial charge in [-0.25, -0.2) is 4.68 Å². The minimum absolute atomic E-state index is 0.760. The fourth-order valence-electron chi connectivity index (χ4n) is 2.00. The molecule has 1 aromatic carbocycles. The van der Waals surface area contributed by atoms with Gasteiger partial charge in [0.25, 0.3) is 0 Å². The summed E-state index contributed by atoms with van der Waals surface area (Å²) in [4.78, 5) is 0. The summed E-state index contributed by atoms with van der Waals surface area (Å²) in [5.41, 5.74) is 4.54. The van der Waals surface area contributed by atoms with E-state index in [9.17, 15) is 0 Å². The van der Waals surface area contributed by atoms with E-state index in [1.807, 2.05) is 28.6 Å². The van der Waals surface area contributed by atoms with Crippen LogP contribution < -0.4 is 0 Å². The van der Waals surface area contributed by atoms with Gasteiger partial charge in [0, 0.05) is 21.5 Å². The molecule has 3 rings (SSSR count). The first-order valence-corrected chi connectivity index (χ1v) is 7.60. The van der Waals surface area contributed by atoms with E-state index >= 15 is 0 Å². The summed E-state index contributed by atoms with van der Waals surface area (Å²) in [7, 11) is 0. The highest BCUT2D eigenvalue weighted by Crippen LogP contribution is 2.36. The predicted molar refractivity (Wildman–Crippen MR) is 76.0 cm³/mol. The Kier molecular flexibility index (Phi) is 2.97. The van der Waals surface area contributed by atoms with Crippen LogP contribution in [0.25, 0.3) is 5.69 Å². The number of hydrogen-bond donors (Lipinski definition) is 0. The molecule has 0 unspecified atom stereocenters. The molecule has 0 atom stereocenters. The van der Waals surface area contributed by atoms with Crippen molar-refractivity contribution in [3.05, 3.63) is 44.6 Å². The van der Waals surface area contributed by atoms with Crippen molar-refractivity contribution in [3.8, 4) is 5.69 Å². The van der Waals surface area contributed by atoms with Crippen molar-refractivity contribution >= 4 is 39.3 Å². The second kappa shape index (κ2) is 4.34. The summed E-state index contributed by atoms with van der Waals surface area (Å²) < 4.78 is 2.93. The molecule has 17 heavy (non-hydrogen) atoms. The zero-order valence-corrected chi connectivity index (χ0v) is 12.4. The van der Waals surface area contributed by atoms with Crippen molar-refractivity contribution in [1.82, 2.24) is 9.78 Å². The molecule has 0 bridgehead atoms. The van der Waals surface area contributed by atoms with Crippen LogP contribution in [0.2, 0.25) is 5.15 Å². The van der Waals surface area contributed by atoms with E-state index in [-0.39, 0.29) is 0 Å². The Bertz CT molecular complexity index is 594. The van der Waals surface area contributed by atoms with Crippen molar-refractivity contribution in [3.63, 3.8) is 0 Å². The number of rotatable bonds is 1. The van der Waals surface area contributed by atoms with Crippen LogP contribution in [0.1, 0.15) is 16.8 Å². The van der Waals surface area contributed by atoms with Crippen molar-refractivity contribution in [2.75, 3.05) is 0 Å². The zero-order chi connectivity index (χ0) is 12.0. The van der Waals surface area contributed by atoms with Crippen molar-refractivity contribution in [1.29, 1.82) is 0 Å². The number of halogens is 2. The van der Waals surface area contributed by atoms with Gasteiger partial charge in [0.2, 0.25) is 0 Å². The van der Waals surface area contributed by atoms with E-state index < -0.39 is 0 Å². The lowest BCUT2D eigenvalue weighted by Gasteiger charge is -2.08. The summed E-state index contributed by atoms with van der Waals surface area (Å²) in [6, 6.07) is 6.13. The smallest absolute Gasteiger partial charge is 0.137 e. The van der Waals surface area contributed by atoms with Gasteiger partial charge in [-0.15, -0.1) is 0 Å². The molecule has 2 heterocycles. The van der Waals surface area contributed by atoms with Gasteiger partial charge in [0.05, 0.1) is 11.4 Å². The van der Waals surface area contributed by atoms with Crippen LogP contribution in [0.4, 0.5) is 0 Å². The van der Waals surface area contributed by atoms with Crippen LogP contribution in [0.5, 0.6) is 0 Å². The third-order valence-corrected chi connectivity index (χ3v) is 4.73. The summed E-state index contributed by atoms with van der Waals surface area (Å²) in [5, 5.41) is 5.36. The first-order valence-electron chi connectivity index (χ1n) is 5.27. The molecule has 0 fully saturated rings. The summed E-state index contributed by atoms with van der Waals surface area (Å²) in [6.07, 6.45) is 0. The van der Waals surface area contributed by atoms with E-state index in [0.717, 1.165) is 38.1 Å². The highest BCUT2D eigenvalue weighted by Gasteiger charge is 2.22. The lowest BCUT2D eigenvalue weighted by Crippen LogP contribution is -2.00. The average Bonchev–Trinajstić information content (AvgIpc) is 2.83. The first-order chi connectivity index (χ1) is 8.16. The normalized spacial score (nSPS) is 14.1. The van der Waals surface area contributed by atoms with E-state index in [2.05, 4.69) is 34.0 Å². The summed E-state index contributed by atoms with van der Waals surface area (Å²) in [5.74, 6) is 1.95. The molecule has 0 aliphatic carbocycles. The number of fused-ring (bicyclic) bond motifs is 1. The molecule has 1 aromatic heterocycles. The largest absolute Gasteiger partial charge is 0.221 e. The van der Waals surface area contributed by atoms with Gasteiger partial charge in [-0.1, -0.05) is 27.5 Å². The van der Waals surface area contributed by atoms with Crippen molar-refractivity contribution < 1.29 is 0 Å². The minimum atomic E-state index is 0.760. The Balaban J connectivity index is 2.16. The van der Waals surface area contributed by atoms with Gasteiger partial charge in [-0.2, -0.15) is 16.9 Å². The Morgan fingerprint density at radius 3 is 2.94 bits per heavy atom. The van der Waals surface area contributed by atoms with Crippen molar-refractivity contribution in [2.45, 2.75) is 18.4 Å². The third kappa shape index (κ3) is 1.92. The maximum Gasteiger partial charge on any atom is 0.137 e. The fourth-order valence-corrected chi connectivity index (χ4v) is 3.89. The number of thioether (sulfide) groups is 1. The summed E-state index contributed by atoms with van der Waals surface area (Å²) >= 11 is 11.7. The lowest BCUT2D eigenvalue weighted by molar-refractivity contribution is 0.853. The topological polar surface area (TPSA) is 17.8 Å². The van der Waals surface area contributed by atoms with E-state index in [0.29, 0.717) is 0 Å². The predicted octanol–water partition coefficient (Wildman–Crippen LogP) is 4.34. The van der Waals surface area contributed by atoms with Gasteiger partial charge in [0.15, 0.2) is 0 Å². The molecule has 0 amide bonds. The molecular weight excluding hydrogens is 320 g/mol. The SMILES string of the molecule is Cc1cc(Br)ccc1-n1nc2c(c1Cl)CSC2. The maximum absolute atomic E-state index is 6.39. The monoisotopic (exact) mass is 328 g/mol. The Hall–Kier alpha value is -0.450. The molecule has 5 heteroatoms. The quantitative estimate of drug-likeness (QED) is 0.774. The van der Waals surface area contributed by atoms with Crippen LogP contribution in [-0.4, -0.2) is 9.78 Å². The van der Waals surface area contributed by atoms with E-state index in [1.165, 1.54) is 5.56 Å². The van der Waals surface area contributed by atoms with Crippen molar-refractivity contribution in [2.24, 2.45) is 0 Å². The lowest BCUT2D eigenvalue weighted by atomic mass is 10.2. The van der Waals surface area contributed by atoms with Crippen LogP contribution in [-0.2, 0) is 11.5 Å². The Morgan fingerprint density at radius 1 is 1.41 bits per heavy atom. The number of nitrogens with zero attached hydrogens (tertiary/aromatic N) is 2. The number of aryl methyl sites for hydroxylation is 1. The first kappa shape index (κ1) is 11.6. The van der Waals surface area contributed by atoms with E-state index in [1.54, 1.807) is 0 Å². The second-order valence-corrected chi connectivity index (χ2v) is 6.31. The Morgan fingerprint density at radius 2 is 2.24 bits per heavy atom. The molecule has 1 aliphatic rings. The number of benzene rings is 1. The molecule has 0 spiro atoms. The van der Waals surface area contributed by atoms with Gasteiger partial charge >= 0.3 is 0 Å². The highest BCUT2D eigenvalue weighted by atomic mass is 79.9. The molecular formula is C12H10BrClN2S. The van der Waals surface area contributed by atoms with Gasteiger partial charge in [-0.3, -0.25) is 0 Å². The molecule has 0 saturated carbocycles. The molecule has 2 nitrogen and oxygen atoms in total. The van der Waals surface area contributed by atoms with Gasteiger partial charge in [0.1, 0.15) is 5.15 Å². The highest BCUT2D eigenvalue weighted by molar-refractivity contribution is 9.10. The van der Waals surface area contributed by atoms with Gasteiger partial charge in [-0.05, 0) is 30.7 Å². The van der Waals surface area contributed by atoms with Crippen LogP contribution >= 0.6 is 39.3 Å². The second-order valence-electron chi connectivity index (χ2n) is 4.05. The summed E-state index contributed by atoms with van der Waals surface area (Å²) in [6.45, 7) is 2.07. The van der Waals surface area contributed by atoms with Crippen LogP contribution in [0.15, 0.2) is 22.7 Å². The molecule has 1 aliphatic heterocycles. The Labute approximate surface area is 117 Å². The standard InChI is InChI=1S/C12H10BrClN2S/c1-7-4-8(13)2-3-11(7)16-12(14)9-5-17-6-10(9)15-16/h2-4H,5-6H2,1H3.